The molecule has 1 aliphatic heterocycles. The molecule has 0 aromatic heterocycles. The number of thiocarbonyl (C=S) groups is 1. The maximum atomic E-state index is 12.9. The predicted molar refractivity (Wildman–Crippen MR) is 76.5 cm³/mol. The molecule has 0 aliphatic carbocycles. The Bertz CT molecular complexity index is 638. The molecular weight excluding hydrogens is 360 g/mol. The molecule has 1 aromatic rings. The summed E-state index contributed by atoms with van der Waals surface area (Å²) in [7, 11) is 1.14. The minimum Gasteiger partial charge on any atom is -0.469 e. The Hall–Kier alpha value is -1.84. The summed E-state index contributed by atoms with van der Waals surface area (Å²) < 4.78 is 81.9. The van der Waals surface area contributed by atoms with Crippen LogP contribution in [0.25, 0.3) is 0 Å². The van der Waals surface area contributed by atoms with Gasteiger partial charge in [-0.25, -0.2) is 0 Å². The number of ether oxygens (including phenoxy) is 1. The monoisotopic (exact) mass is 371 g/mol. The lowest BCUT2D eigenvalue weighted by Crippen LogP contribution is -2.26. The summed E-state index contributed by atoms with van der Waals surface area (Å²) in [5.41, 5.74) is -3.22. The lowest BCUT2D eigenvalue weighted by molar-refractivity contribution is -0.145. The quantitative estimate of drug-likeness (QED) is 0.446. The maximum Gasteiger partial charge on any atom is 0.416 e. The second kappa shape index (κ2) is 6.23. The Morgan fingerprint density at radius 3 is 2.04 bits per heavy atom. The van der Waals surface area contributed by atoms with E-state index in [0.717, 1.165) is 12.0 Å². The van der Waals surface area contributed by atoms with Gasteiger partial charge < -0.3 is 9.64 Å². The van der Waals surface area contributed by atoms with Gasteiger partial charge in [-0.1, -0.05) is 12.2 Å². The molecule has 3 nitrogen and oxygen atoms in total. The first-order valence-corrected chi connectivity index (χ1v) is 7.02. The third-order valence-corrected chi connectivity index (χ3v) is 3.93. The van der Waals surface area contributed by atoms with E-state index in [1.54, 1.807) is 0 Å². The van der Waals surface area contributed by atoms with E-state index in [4.69, 9.17) is 12.2 Å². The van der Waals surface area contributed by atoms with Gasteiger partial charge in [0.1, 0.15) is 0 Å². The molecule has 132 valence electrons. The highest BCUT2D eigenvalue weighted by atomic mass is 32.1. The lowest BCUT2D eigenvalue weighted by Gasteiger charge is -2.22. The molecule has 1 heterocycles. The second-order valence-corrected chi connectivity index (χ2v) is 5.66. The number of rotatable bonds is 2. The van der Waals surface area contributed by atoms with Crippen LogP contribution in [0.3, 0.4) is 0 Å². The summed E-state index contributed by atoms with van der Waals surface area (Å²) in [4.78, 5) is 12.7. The normalized spacial score (nSPS) is 18.9. The Morgan fingerprint density at radius 2 is 1.62 bits per heavy atom. The highest BCUT2D eigenvalue weighted by molar-refractivity contribution is 7.80. The zero-order valence-electron chi connectivity index (χ0n) is 12.2. The lowest BCUT2D eigenvalue weighted by atomic mass is 10.1. The zero-order valence-corrected chi connectivity index (χ0v) is 13.0. The molecule has 10 heteroatoms. The van der Waals surface area contributed by atoms with Crippen molar-refractivity contribution in [3.8, 4) is 0 Å². The molecule has 0 saturated carbocycles. The van der Waals surface area contributed by atoms with Crippen LogP contribution in [-0.2, 0) is 21.9 Å². The van der Waals surface area contributed by atoms with Crippen molar-refractivity contribution in [3.63, 3.8) is 0 Å². The number of nitrogens with zero attached hydrogens (tertiary/aromatic N) is 1. The number of methoxy groups -OCH3 is 1. The average Bonchev–Trinajstić information content (AvgIpc) is 2.86. The van der Waals surface area contributed by atoms with Gasteiger partial charge in [0, 0.05) is 18.7 Å². The van der Waals surface area contributed by atoms with Gasteiger partial charge in [0.05, 0.1) is 29.1 Å². The van der Waals surface area contributed by atoms with E-state index in [0.29, 0.717) is 12.1 Å². The predicted octanol–water partition coefficient (Wildman–Crippen LogP) is 4.05. The molecule has 24 heavy (non-hydrogen) atoms. The molecule has 0 amide bonds. The average molecular weight is 371 g/mol. The molecule has 0 spiro atoms. The molecule has 1 saturated heterocycles. The number of esters is 1. The van der Waals surface area contributed by atoms with Gasteiger partial charge in [0.2, 0.25) is 0 Å². The van der Waals surface area contributed by atoms with E-state index in [9.17, 15) is 31.1 Å². The topological polar surface area (TPSA) is 29.5 Å². The van der Waals surface area contributed by atoms with Crippen molar-refractivity contribution in [2.75, 3.05) is 18.6 Å². The van der Waals surface area contributed by atoms with Gasteiger partial charge in [0.15, 0.2) is 0 Å². The molecular formula is C14H11F6NO2S. The Balaban J connectivity index is 2.46. The number of hydrogen-bond acceptors (Lipinski definition) is 3. The third kappa shape index (κ3) is 3.80. The minimum atomic E-state index is -4.95. The number of carbonyl (C=O) groups is 1. The number of benzene rings is 1. The summed E-state index contributed by atoms with van der Waals surface area (Å²) in [5.74, 6) is -1.35. The van der Waals surface area contributed by atoms with Gasteiger partial charge in [-0.05, 0) is 18.2 Å². The first-order chi connectivity index (χ1) is 10.9. The number of carbonyl (C=O) groups excluding carboxylic acids is 1. The van der Waals surface area contributed by atoms with Gasteiger partial charge >= 0.3 is 18.3 Å². The first kappa shape index (κ1) is 18.5. The van der Waals surface area contributed by atoms with E-state index >= 15 is 0 Å². The second-order valence-electron chi connectivity index (χ2n) is 5.19. The van der Waals surface area contributed by atoms with Crippen molar-refractivity contribution < 1.29 is 35.9 Å². The van der Waals surface area contributed by atoms with Gasteiger partial charge in [-0.3, -0.25) is 4.79 Å². The molecule has 0 N–H and O–H groups in total. The molecule has 1 unspecified atom stereocenters. The van der Waals surface area contributed by atoms with Crippen LogP contribution < -0.4 is 4.90 Å². The molecule has 1 aliphatic rings. The SMILES string of the molecule is COC(=O)C1CC(=S)N(c2cc(C(F)(F)F)cc(C(F)(F)F)c2)C1. The van der Waals surface area contributed by atoms with Crippen LogP contribution in [0.1, 0.15) is 17.5 Å². The third-order valence-electron chi connectivity index (χ3n) is 3.54. The molecule has 1 atom stereocenters. The number of alkyl halides is 6. The van der Waals surface area contributed by atoms with Crippen LogP contribution in [0.2, 0.25) is 0 Å². The summed E-state index contributed by atoms with van der Waals surface area (Å²) in [6, 6.07) is 1.21. The van der Waals surface area contributed by atoms with Crippen molar-refractivity contribution in [1.82, 2.24) is 0 Å². The smallest absolute Gasteiger partial charge is 0.416 e. The fraction of sp³-hybridized carbons (Fsp3) is 0.429. The highest BCUT2D eigenvalue weighted by Crippen LogP contribution is 2.39. The molecule has 1 fully saturated rings. The first-order valence-electron chi connectivity index (χ1n) is 6.61. The molecule has 1 aromatic carbocycles. The van der Waals surface area contributed by atoms with E-state index in [1.165, 1.54) is 0 Å². The van der Waals surface area contributed by atoms with Crippen molar-refractivity contribution in [1.29, 1.82) is 0 Å². The van der Waals surface area contributed by atoms with E-state index in [2.05, 4.69) is 4.74 Å². The van der Waals surface area contributed by atoms with Crippen molar-refractivity contribution in [2.24, 2.45) is 5.92 Å². The summed E-state index contributed by atoms with van der Waals surface area (Å²) in [6.45, 7) is -0.135. The van der Waals surface area contributed by atoms with Crippen LogP contribution >= 0.6 is 12.2 Å². The van der Waals surface area contributed by atoms with E-state index in [-0.39, 0.29) is 29.7 Å². The fourth-order valence-corrected chi connectivity index (χ4v) is 2.76. The maximum absolute atomic E-state index is 12.9. The van der Waals surface area contributed by atoms with Crippen LogP contribution in [0, 0.1) is 5.92 Å². The Labute approximate surface area is 138 Å². The van der Waals surface area contributed by atoms with E-state index in [1.807, 2.05) is 0 Å². The summed E-state index contributed by atoms with van der Waals surface area (Å²) >= 11 is 5.00. The molecule has 2 rings (SSSR count). The van der Waals surface area contributed by atoms with E-state index < -0.39 is 35.4 Å². The summed E-state index contributed by atoms with van der Waals surface area (Å²) in [5, 5.41) is 0. The van der Waals surface area contributed by atoms with Crippen LogP contribution in [0.15, 0.2) is 18.2 Å². The zero-order chi connectivity index (χ0) is 18.3. The van der Waals surface area contributed by atoms with Crippen molar-refractivity contribution >= 4 is 28.9 Å². The van der Waals surface area contributed by atoms with Gasteiger partial charge in [-0.15, -0.1) is 0 Å². The fourth-order valence-electron chi connectivity index (χ4n) is 2.38. The van der Waals surface area contributed by atoms with Crippen LogP contribution in [0.5, 0.6) is 0 Å². The van der Waals surface area contributed by atoms with Gasteiger partial charge in [-0.2, -0.15) is 26.3 Å². The van der Waals surface area contributed by atoms with Crippen molar-refractivity contribution in [2.45, 2.75) is 18.8 Å². The van der Waals surface area contributed by atoms with Crippen LogP contribution in [0.4, 0.5) is 32.0 Å². The van der Waals surface area contributed by atoms with Gasteiger partial charge in [0.25, 0.3) is 0 Å². The number of hydrogen-bond donors (Lipinski definition) is 0. The van der Waals surface area contributed by atoms with Crippen molar-refractivity contribution in [3.05, 3.63) is 29.3 Å². The Morgan fingerprint density at radius 1 is 1.12 bits per heavy atom. The number of anilines is 1. The number of halogens is 6. The molecule has 0 bridgehead atoms. The largest absolute Gasteiger partial charge is 0.469 e. The molecule has 0 radical (unpaired) electrons. The standard InChI is InChI=1S/C14H11F6NO2S/c1-23-12(22)7-2-11(24)21(6-7)10-4-8(13(15,16)17)3-9(5-10)14(18,19)20/h3-5,7H,2,6H2,1H3. The highest BCUT2D eigenvalue weighted by Gasteiger charge is 2.39. The summed E-state index contributed by atoms with van der Waals surface area (Å²) in [6.07, 6.45) is -9.86. The van der Waals surface area contributed by atoms with Crippen LogP contribution in [-0.4, -0.2) is 24.6 Å². The Kier molecular flexibility index (Phi) is 4.80. The minimum absolute atomic E-state index is 0.0274.